The van der Waals surface area contributed by atoms with Crippen LogP contribution in [0.2, 0.25) is 0 Å². The molecule has 0 aliphatic heterocycles. The SMILES string of the molecule is C=CC=CC=CC=CC=CC=CC=CC=CC=CC=CC. The summed E-state index contributed by atoms with van der Waals surface area (Å²) in [5, 5.41) is 0. The highest BCUT2D eigenvalue weighted by molar-refractivity contribution is 5.22. The Morgan fingerprint density at radius 1 is 0.381 bits per heavy atom. The lowest BCUT2D eigenvalue weighted by Gasteiger charge is -1.75. The highest BCUT2D eigenvalue weighted by atomic mass is 13.7. The molecular weight excluding hydrogens is 252 g/mol. The van der Waals surface area contributed by atoms with Crippen LogP contribution >= 0.6 is 0 Å². The van der Waals surface area contributed by atoms with Crippen LogP contribution in [0.3, 0.4) is 0 Å². The first kappa shape index (κ1) is 18.4. The minimum absolute atomic E-state index is 1.75. The first-order chi connectivity index (χ1) is 10.4. The molecule has 0 atom stereocenters. The van der Waals surface area contributed by atoms with E-state index in [4.69, 9.17) is 0 Å². The third kappa shape index (κ3) is 17.4. The fraction of sp³-hybridized carbons (Fsp3) is 0.0476. The standard InChI is InChI=1S/C21H24/c1-3-5-7-9-11-13-15-17-19-21-20-18-16-14-12-10-8-6-4-2/h3-21H,1H2,2H3. The first-order valence-corrected chi connectivity index (χ1v) is 6.99. The van der Waals surface area contributed by atoms with Crippen molar-refractivity contribution in [3.8, 4) is 0 Å². The van der Waals surface area contributed by atoms with Gasteiger partial charge in [0.2, 0.25) is 0 Å². The van der Waals surface area contributed by atoms with E-state index in [2.05, 4.69) is 6.58 Å². The van der Waals surface area contributed by atoms with Crippen molar-refractivity contribution in [2.24, 2.45) is 0 Å². The van der Waals surface area contributed by atoms with Gasteiger partial charge < -0.3 is 0 Å². The summed E-state index contributed by atoms with van der Waals surface area (Å²) in [6.45, 7) is 5.60. The molecule has 0 saturated carbocycles. The largest absolute Gasteiger partial charge is 0.0991 e. The van der Waals surface area contributed by atoms with E-state index in [-0.39, 0.29) is 0 Å². The van der Waals surface area contributed by atoms with Gasteiger partial charge in [-0.2, -0.15) is 0 Å². The van der Waals surface area contributed by atoms with Gasteiger partial charge in [0.25, 0.3) is 0 Å². The molecular formula is C21H24. The Kier molecular flexibility index (Phi) is 15.2. The highest BCUT2D eigenvalue weighted by Crippen LogP contribution is 1.86. The lowest BCUT2D eigenvalue weighted by atomic mass is 10.3. The van der Waals surface area contributed by atoms with E-state index in [1.165, 1.54) is 0 Å². The fourth-order valence-electron chi connectivity index (χ4n) is 1.15. The van der Waals surface area contributed by atoms with Crippen LogP contribution in [-0.4, -0.2) is 0 Å². The molecule has 0 fully saturated rings. The molecule has 0 heteroatoms. The van der Waals surface area contributed by atoms with E-state index in [1.807, 2.05) is 116 Å². The summed E-state index contributed by atoms with van der Waals surface area (Å²) in [5.74, 6) is 0. The van der Waals surface area contributed by atoms with Crippen molar-refractivity contribution in [1.82, 2.24) is 0 Å². The Morgan fingerprint density at radius 2 is 0.619 bits per heavy atom. The molecule has 21 heavy (non-hydrogen) atoms. The summed E-state index contributed by atoms with van der Waals surface area (Å²) in [7, 11) is 0. The normalized spacial score (nSPS) is 14.3. The van der Waals surface area contributed by atoms with Gasteiger partial charge in [0.1, 0.15) is 0 Å². The zero-order chi connectivity index (χ0) is 15.4. The third-order valence-electron chi connectivity index (χ3n) is 2.11. The second-order valence-corrected chi connectivity index (χ2v) is 3.84. The average Bonchev–Trinajstić information content (AvgIpc) is 2.50. The van der Waals surface area contributed by atoms with Gasteiger partial charge in [0.05, 0.1) is 0 Å². The third-order valence-corrected chi connectivity index (χ3v) is 2.11. The van der Waals surface area contributed by atoms with Crippen LogP contribution < -0.4 is 0 Å². The van der Waals surface area contributed by atoms with Crippen molar-refractivity contribution in [3.05, 3.63) is 122 Å². The van der Waals surface area contributed by atoms with Gasteiger partial charge >= 0.3 is 0 Å². The zero-order valence-corrected chi connectivity index (χ0v) is 12.7. The highest BCUT2D eigenvalue weighted by Gasteiger charge is 1.64. The van der Waals surface area contributed by atoms with Crippen LogP contribution in [0.15, 0.2) is 122 Å². The predicted octanol–water partition coefficient (Wildman–Crippen LogP) is 6.20. The van der Waals surface area contributed by atoms with Crippen LogP contribution in [0.25, 0.3) is 0 Å². The quantitative estimate of drug-likeness (QED) is 0.440. The first-order valence-electron chi connectivity index (χ1n) is 6.99. The maximum Gasteiger partial charge on any atom is -0.0467 e. The Labute approximate surface area is 129 Å². The van der Waals surface area contributed by atoms with Gasteiger partial charge in [-0.3, -0.25) is 0 Å². The molecule has 0 aliphatic carbocycles. The van der Waals surface area contributed by atoms with Crippen LogP contribution in [0.4, 0.5) is 0 Å². The molecule has 0 aromatic carbocycles. The van der Waals surface area contributed by atoms with E-state index < -0.39 is 0 Å². The average molecular weight is 276 g/mol. The van der Waals surface area contributed by atoms with Crippen molar-refractivity contribution in [3.63, 3.8) is 0 Å². The Balaban J connectivity index is 3.87. The van der Waals surface area contributed by atoms with Gasteiger partial charge in [0.15, 0.2) is 0 Å². The van der Waals surface area contributed by atoms with Crippen molar-refractivity contribution >= 4 is 0 Å². The smallest absolute Gasteiger partial charge is 0.0467 e. The molecule has 0 nitrogen and oxygen atoms in total. The Bertz CT molecular complexity index is 498. The number of hydrogen-bond acceptors (Lipinski definition) is 0. The molecule has 0 radical (unpaired) electrons. The molecule has 0 saturated heterocycles. The Morgan fingerprint density at radius 3 is 0.857 bits per heavy atom. The number of allylic oxidation sites excluding steroid dienone is 19. The molecule has 0 heterocycles. The summed E-state index contributed by atoms with van der Waals surface area (Å²) < 4.78 is 0. The van der Waals surface area contributed by atoms with Crippen molar-refractivity contribution in [2.45, 2.75) is 6.92 Å². The summed E-state index contributed by atoms with van der Waals surface area (Å²) in [6, 6.07) is 0. The van der Waals surface area contributed by atoms with Gasteiger partial charge in [-0.05, 0) is 6.92 Å². The van der Waals surface area contributed by atoms with Crippen molar-refractivity contribution < 1.29 is 0 Å². The summed E-state index contributed by atoms with van der Waals surface area (Å²) in [4.78, 5) is 0. The van der Waals surface area contributed by atoms with E-state index in [9.17, 15) is 0 Å². The van der Waals surface area contributed by atoms with E-state index in [1.54, 1.807) is 6.08 Å². The topological polar surface area (TPSA) is 0 Å². The number of hydrogen-bond donors (Lipinski definition) is 0. The van der Waals surface area contributed by atoms with Crippen LogP contribution in [0, 0.1) is 0 Å². The lowest BCUT2D eigenvalue weighted by molar-refractivity contribution is 1.73. The molecule has 0 unspecified atom stereocenters. The van der Waals surface area contributed by atoms with Crippen LogP contribution in [0.5, 0.6) is 0 Å². The molecule has 0 bridgehead atoms. The molecule has 0 aromatic rings. The summed E-state index contributed by atoms with van der Waals surface area (Å²) >= 11 is 0. The second kappa shape index (κ2) is 17.4. The van der Waals surface area contributed by atoms with Crippen LogP contribution in [-0.2, 0) is 0 Å². The van der Waals surface area contributed by atoms with Crippen LogP contribution in [0.1, 0.15) is 6.92 Å². The van der Waals surface area contributed by atoms with E-state index >= 15 is 0 Å². The minimum atomic E-state index is 1.75. The molecule has 0 rings (SSSR count). The predicted molar refractivity (Wildman–Crippen MR) is 98.1 cm³/mol. The second-order valence-electron chi connectivity index (χ2n) is 3.84. The Hall–Kier alpha value is -2.60. The van der Waals surface area contributed by atoms with Gasteiger partial charge in [-0.25, -0.2) is 0 Å². The molecule has 0 spiro atoms. The van der Waals surface area contributed by atoms with E-state index in [0.717, 1.165) is 0 Å². The van der Waals surface area contributed by atoms with Gasteiger partial charge in [-0.1, -0.05) is 122 Å². The summed E-state index contributed by atoms with van der Waals surface area (Å²) in [6.07, 6.45) is 37.4. The van der Waals surface area contributed by atoms with Gasteiger partial charge in [0, 0.05) is 0 Å². The fourth-order valence-corrected chi connectivity index (χ4v) is 1.15. The lowest BCUT2D eigenvalue weighted by Crippen LogP contribution is -1.53. The zero-order valence-electron chi connectivity index (χ0n) is 12.7. The molecule has 0 aliphatic rings. The monoisotopic (exact) mass is 276 g/mol. The molecule has 0 N–H and O–H groups in total. The van der Waals surface area contributed by atoms with Crippen molar-refractivity contribution in [2.75, 3.05) is 0 Å². The van der Waals surface area contributed by atoms with Gasteiger partial charge in [-0.15, -0.1) is 0 Å². The minimum Gasteiger partial charge on any atom is -0.0991 e. The number of rotatable bonds is 9. The van der Waals surface area contributed by atoms with Crippen molar-refractivity contribution in [1.29, 1.82) is 0 Å². The molecule has 0 aromatic heterocycles. The molecule has 0 amide bonds. The maximum absolute atomic E-state index is 3.60. The molecule has 108 valence electrons. The van der Waals surface area contributed by atoms with E-state index in [0.29, 0.717) is 0 Å². The summed E-state index contributed by atoms with van der Waals surface area (Å²) in [5.41, 5.74) is 0. The maximum atomic E-state index is 3.60.